The van der Waals surface area contributed by atoms with Gasteiger partial charge in [-0.25, -0.2) is 0 Å². The molecule has 0 amide bonds. The Balaban J connectivity index is 3.10. The van der Waals surface area contributed by atoms with Crippen molar-refractivity contribution >= 4 is 0 Å². The zero-order chi connectivity index (χ0) is 8.69. The molecule has 0 aliphatic carbocycles. The van der Waals surface area contributed by atoms with Crippen LogP contribution >= 0.6 is 0 Å². The van der Waals surface area contributed by atoms with E-state index in [1.54, 1.807) is 14.0 Å². The zero-order valence-electron chi connectivity index (χ0n) is 7.63. The van der Waals surface area contributed by atoms with Gasteiger partial charge < -0.3 is 15.2 Å². The number of aliphatic hydroxyl groups excluding tert-OH is 1. The lowest BCUT2D eigenvalue weighted by Crippen LogP contribution is -2.29. The molecule has 0 aromatic carbocycles. The number of methoxy groups -OCH3 is 1. The minimum atomic E-state index is -0.259. The van der Waals surface area contributed by atoms with Crippen LogP contribution in [-0.2, 0) is 4.74 Å². The first-order valence-corrected chi connectivity index (χ1v) is 4.04. The summed E-state index contributed by atoms with van der Waals surface area (Å²) < 4.78 is 4.96. The maximum atomic E-state index is 8.90. The van der Waals surface area contributed by atoms with Gasteiger partial charge in [0.15, 0.2) is 0 Å². The molecule has 0 aliphatic heterocycles. The van der Waals surface area contributed by atoms with E-state index in [2.05, 4.69) is 12.2 Å². The molecule has 0 spiro atoms. The Bertz CT molecular complexity index is 86.2. The van der Waals surface area contributed by atoms with E-state index in [1.165, 1.54) is 0 Å². The standard InChI is InChI=1S/C8H19NO2/c1-7(6-11-3)4-9-5-8(2)10/h7-10H,4-6H2,1-3H3/t7?,8-/m1/s1. The van der Waals surface area contributed by atoms with Crippen molar-refractivity contribution in [3.8, 4) is 0 Å². The summed E-state index contributed by atoms with van der Waals surface area (Å²) in [6.45, 7) is 6.21. The van der Waals surface area contributed by atoms with Gasteiger partial charge in [-0.3, -0.25) is 0 Å². The van der Waals surface area contributed by atoms with Crippen LogP contribution in [0.1, 0.15) is 13.8 Å². The number of ether oxygens (including phenoxy) is 1. The van der Waals surface area contributed by atoms with Crippen molar-refractivity contribution in [3.63, 3.8) is 0 Å². The van der Waals surface area contributed by atoms with Gasteiger partial charge in [0, 0.05) is 20.3 Å². The van der Waals surface area contributed by atoms with Crippen LogP contribution < -0.4 is 5.32 Å². The topological polar surface area (TPSA) is 41.5 Å². The monoisotopic (exact) mass is 161 g/mol. The zero-order valence-corrected chi connectivity index (χ0v) is 7.63. The van der Waals surface area contributed by atoms with Gasteiger partial charge in [-0.05, 0) is 19.4 Å². The van der Waals surface area contributed by atoms with Crippen molar-refractivity contribution in [3.05, 3.63) is 0 Å². The van der Waals surface area contributed by atoms with Gasteiger partial charge in [0.2, 0.25) is 0 Å². The van der Waals surface area contributed by atoms with E-state index < -0.39 is 0 Å². The SMILES string of the molecule is COCC(C)CNC[C@@H](C)O. The smallest absolute Gasteiger partial charge is 0.0636 e. The molecular formula is C8H19NO2. The summed E-state index contributed by atoms with van der Waals surface area (Å²) in [5.41, 5.74) is 0. The van der Waals surface area contributed by atoms with Crippen molar-refractivity contribution in [2.24, 2.45) is 5.92 Å². The maximum absolute atomic E-state index is 8.90. The third-order valence-corrected chi connectivity index (χ3v) is 1.38. The molecule has 0 aliphatic rings. The fourth-order valence-corrected chi connectivity index (χ4v) is 0.882. The van der Waals surface area contributed by atoms with Crippen LogP contribution in [0.4, 0.5) is 0 Å². The van der Waals surface area contributed by atoms with Crippen LogP contribution in [0.3, 0.4) is 0 Å². The molecule has 0 radical (unpaired) electrons. The first-order valence-electron chi connectivity index (χ1n) is 4.04. The second kappa shape index (κ2) is 6.58. The van der Waals surface area contributed by atoms with E-state index in [4.69, 9.17) is 9.84 Å². The maximum Gasteiger partial charge on any atom is 0.0636 e. The van der Waals surface area contributed by atoms with Crippen LogP contribution in [0.5, 0.6) is 0 Å². The number of hydrogen-bond acceptors (Lipinski definition) is 3. The molecule has 2 N–H and O–H groups in total. The summed E-state index contributed by atoms with van der Waals surface area (Å²) in [6, 6.07) is 0. The van der Waals surface area contributed by atoms with E-state index in [1.807, 2.05) is 0 Å². The normalized spacial score (nSPS) is 16.4. The first-order chi connectivity index (χ1) is 5.16. The second-order valence-electron chi connectivity index (χ2n) is 3.07. The molecule has 0 saturated heterocycles. The average molecular weight is 161 g/mol. The molecule has 0 heterocycles. The third-order valence-electron chi connectivity index (χ3n) is 1.38. The van der Waals surface area contributed by atoms with E-state index >= 15 is 0 Å². The van der Waals surface area contributed by atoms with Gasteiger partial charge in [0.1, 0.15) is 0 Å². The minimum absolute atomic E-state index is 0.259. The summed E-state index contributed by atoms with van der Waals surface area (Å²) in [5, 5.41) is 12.0. The fraction of sp³-hybridized carbons (Fsp3) is 1.00. The Morgan fingerprint density at radius 1 is 1.36 bits per heavy atom. The molecule has 0 saturated carbocycles. The highest BCUT2D eigenvalue weighted by Gasteiger charge is 2.00. The number of nitrogens with one attached hydrogen (secondary N) is 1. The van der Waals surface area contributed by atoms with Gasteiger partial charge in [-0.2, -0.15) is 0 Å². The Kier molecular flexibility index (Phi) is 6.51. The molecule has 2 atom stereocenters. The van der Waals surface area contributed by atoms with Gasteiger partial charge in [-0.15, -0.1) is 0 Å². The van der Waals surface area contributed by atoms with E-state index in [0.29, 0.717) is 12.5 Å². The highest BCUT2D eigenvalue weighted by molar-refractivity contribution is 4.57. The molecule has 1 unspecified atom stereocenters. The van der Waals surface area contributed by atoms with E-state index in [0.717, 1.165) is 13.2 Å². The molecule has 0 aromatic rings. The Labute approximate surface area is 68.8 Å². The predicted octanol–water partition coefficient (Wildman–Crippen LogP) is 0.239. The number of rotatable bonds is 6. The number of hydrogen-bond donors (Lipinski definition) is 2. The van der Waals surface area contributed by atoms with Crippen LogP contribution in [0.15, 0.2) is 0 Å². The minimum Gasteiger partial charge on any atom is -0.392 e. The molecule has 3 heteroatoms. The molecule has 0 bridgehead atoms. The lowest BCUT2D eigenvalue weighted by Gasteiger charge is -2.12. The lowest BCUT2D eigenvalue weighted by atomic mass is 10.2. The largest absolute Gasteiger partial charge is 0.392 e. The number of aliphatic hydroxyl groups is 1. The Hall–Kier alpha value is -0.120. The molecule has 0 aromatic heterocycles. The molecule has 0 fully saturated rings. The predicted molar refractivity (Wildman–Crippen MR) is 45.6 cm³/mol. The molecule has 11 heavy (non-hydrogen) atoms. The van der Waals surface area contributed by atoms with Gasteiger partial charge in [0.25, 0.3) is 0 Å². The van der Waals surface area contributed by atoms with Crippen molar-refractivity contribution in [2.75, 3.05) is 26.8 Å². The lowest BCUT2D eigenvalue weighted by molar-refractivity contribution is 0.151. The van der Waals surface area contributed by atoms with E-state index in [-0.39, 0.29) is 6.10 Å². The third kappa shape index (κ3) is 7.78. The Morgan fingerprint density at radius 2 is 2.00 bits per heavy atom. The van der Waals surface area contributed by atoms with Crippen LogP contribution in [0.25, 0.3) is 0 Å². The van der Waals surface area contributed by atoms with Crippen molar-refractivity contribution in [1.82, 2.24) is 5.32 Å². The highest BCUT2D eigenvalue weighted by atomic mass is 16.5. The van der Waals surface area contributed by atoms with Crippen molar-refractivity contribution < 1.29 is 9.84 Å². The molecular weight excluding hydrogens is 142 g/mol. The van der Waals surface area contributed by atoms with Crippen molar-refractivity contribution in [2.45, 2.75) is 20.0 Å². The molecule has 68 valence electrons. The quantitative estimate of drug-likeness (QED) is 0.586. The molecule has 3 nitrogen and oxygen atoms in total. The highest BCUT2D eigenvalue weighted by Crippen LogP contribution is 1.91. The van der Waals surface area contributed by atoms with Gasteiger partial charge in [0.05, 0.1) is 6.10 Å². The summed E-state index contributed by atoms with van der Waals surface area (Å²) in [7, 11) is 1.70. The first kappa shape index (κ1) is 10.9. The van der Waals surface area contributed by atoms with Crippen molar-refractivity contribution in [1.29, 1.82) is 0 Å². The fourth-order valence-electron chi connectivity index (χ4n) is 0.882. The Morgan fingerprint density at radius 3 is 2.45 bits per heavy atom. The molecule has 0 rings (SSSR count). The van der Waals surface area contributed by atoms with Crippen LogP contribution in [0, 0.1) is 5.92 Å². The average Bonchev–Trinajstić information content (AvgIpc) is 1.87. The van der Waals surface area contributed by atoms with Crippen LogP contribution in [0.2, 0.25) is 0 Å². The van der Waals surface area contributed by atoms with E-state index in [9.17, 15) is 0 Å². The summed E-state index contributed by atoms with van der Waals surface area (Å²) in [5.74, 6) is 0.513. The summed E-state index contributed by atoms with van der Waals surface area (Å²) in [6.07, 6.45) is -0.259. The van der Waals surface area contributed by atoms with Gasteiger partial charge in [-0.1, -0.05) is 6.92 Å². The second-order valence-corrected chi connectivity index (χ2v) is 3.07. The summed E-state index contributed by atoms with van der Waals surface area (Å²) >= 11 is 0. The summed E-state index contributed by atoms with van der Waals surface area (Å²) in [4.78, 5) is 0. The van der Waals surface area contributed by atoms with Gasteiger partial charge >= 0.3 is 0 Å². The van der Waals surface area contributed by atoms with Crippen LogP contribution in [-0.4, -0.2) is 38.0 Å².